The molecule has 0 fully saturated rings. The minimum absolute atomic E-state index is 0.391. The Hall–Kier alpha value is -0.600. The van der Waals surface area contributed by atoms with Gasteiger partial charge in [-0.15, -0.1) is 6.58 Å². The summed E-state index contributed by atoms with van der Waals surface area (Å²) in [4.78, 5) is 0. The smallest absolute Gasteiger partial charge is 0.0793 e. The SMILES string of the molecule is C=C(C)CCC(O)c1cc(C)cc(Br)c1. The van der Waals surface area contributed by atoms with E-state index >= 15 is 0 Å². The third kappa shape index (κ3) is 4.18. The quantitative estimate of drug-likeness (QED) is 0.814. The minimum atomic E-state index is -0.391. The van der Waals surface area contributed by atoms with Gasteiger partial charge in [0.2, 0.25) is 0 Å². The third-order valence-corrected chi connectivity index (χ3v) is 2.75. The third-order valence-electron chi connectivity index (χ3n) is 2.29. The second kappa shape index (κ2) is 5.47. The van der Waals surface area contributed by atoms with E-state index in [1.165, 1.54) is 0 Å². The average molecular weight is 269 g/mol. The molecule has 0 aliphatic carbocycles. The molecule has 0 bridgehead atoms. The Morgan fingerprint density at radius 3 is 2.67 bits per heavy atom. The fourth-order valence-corrected chi connectivity index (χ4v) is 2.13. The maximum Gasteiger partial charge on any atom is 0.0793 e. The number of benzene rings is 1. The van der Waals surface area contributed by atoms with Gasteiger partial charge in [-0.2, -0.15) is 0 Å². The van der Waals surface area contributed by atoms with Gasteiger partial charge in [-0.05, 0) is 49.9 Å². The van der Waals surface area contributed by atoms with Crippen molar-refractivity contribution in [3.05, 3.63) is 46.0 Å². The Kier molecular flexibility index (Phi) is 4.55. The fourth-order valence-electron chi connectivity index (χ4n) is 1.51. The van der Waals surface area contributed by atoms with Crippen molar-refractivity contribution >= 4 is 15.9 Å². The van der Waals surface area contributed by atoms with Gasteiger partial charge in [0.25, 0.3) is 0 Å². The average Bonchev–Trinajstić information content (AvgIpc) is 2.12. The molecule has 0 radical (unpaired) electrons. The maximum absolute atomic E-state index is 9.96. The summed E-state index contributed by atoms with van der Waals surface area (Å²) in [5, 5.41) is 9.96. The molecule has 1 aromatic carbocycles. The van der Waals surface area contributed by atoms with Crippen molar-refractivity contribution in [2.75, 3.05) is 0 Å². The van der Waals surface area contributed by atoms with Gasteiger partial charge in [-0.25, -0.2) is 0 Å². The van der Waals surface area contributed by atoms with E-state index in [0.29, 0.717) is 0 Å². The van der Waals surface area contributed by atoms with E-state index in [9.17, 15) is 5.11 Å². The van der Waals surface area contributed by atoms with Crippen LogP contribution in [0.3, 0.4) is 0 Å². The monoisotopic (exact) mass is 268 g/mol. The van der Waals surface area contributed by atoms with Crippen LogP contribution in [0.15, 0.2) is 34.8 Å². The Morgan fingerprint density at radius 2 is 2.13 bits per heavy atom. The number of aliphatic hydroxyl groups is 1. The highest BCUT2D eigenvalue weighted by molar-refractivity contribution is 9.10. The second-order valence-electron chi connectivity index (χ2n) is 4.07. The molecule has 0 aliphatic heterocycles. The Balaban J connectivity index is 2.72. The molecule has 0 saturated carbocycles. The topological polar surface area (TPSA) is 20.2 Å². The number of aryl methyl sites for hydroxylation is 1. The van der Waals surface area contributed by atoms with E-state index in [-0.39, 0.29) is 0 Å². The van der Waals surface area contributed by atoms with Gasteiger partial charge in [-0.3, -0.25) is 0 Å². The summed E-state index contributed by atoms with van der Waals surface area (Å²) in [5.41, 5.74) is 3.25. The first-order valence-corrected chi connectivity index (χ1v) is 5.88. The van der Waals surface area contributed by atoms with E-state index in [1.807, 2.05) is 32.0 Å². The molecule has 1 unspecified atom stereocenters. The number of halogens is 1. The summed E-state index contributed by atoms with van der Waals surface area (Å²) in [6, 6.07) is 6.03. The molecule has 1 N–H and O–H groups in total. The summed E-state index contributed by atoms with van der Waals surface area (Å²) in [7, 11) is 0. The van der Waals surface area contributed by atoms with Crippen molar-refractivity contribution in [2.45, 2.75) is 32.8 Å². The molecule has 82 valence electrons. The van der Waals surface area contributed by atoms with Gasteiger partial charge >= 0.3 is 0 Å². The van der Waals surface area contributed by atoms with Crippen molar-refractivity contribution in [3.63, 3.8) is 0 Å². The van der Waals surface area contributed by atoms with Crippen LogP contribution in [0.1, 0.15) is 37.0 Å². The summed E-state index contributed by atoms with van der Waals surface area (Å²) in [6.45, 7) is 7.85. The molecule has 0 saturated heterocycles. The van der Waals surface area contributed by atoms with E-state index in [2.05, 4.69) is 22.5 Å². The van der Waals surface area contributed by atoms with Crippen LogP contribution in [0.25, 0.3) is 0 Å². The van der Waals surface area contributed by atoms with Crippen LogP contribution in [0.2, 0.25) is 0 Å². The summed E-state index contributed by atoms with van der Waals surface area (Å²) in [6.07, 6.45) is 1.22. The van der Waals surface area contributed by atoms with Gasteiger partial charge in [0.05, 0.1) is 6.10 Å². The van der Waals surface area contributed by atoms with E-state index in [0.717, 1.165) is 34.0 Å². The molecule has 0 heterocycles. The fraction of sp³-hybridized carbons (Fsp3) is 0.385. The standard InChI is InChI=1S/C13H17BrO/c1-9(2)4-5-13(15)11-6-10(3)7-12(14)8-11/h6-8,13,15H,1,4-5H2,2-3H3. The largest absolute Gasteiger partial charge is 0.388 e. The highest BCUT2D eigenvalue weighted by Crippen LogP contribution is 2.24. The molecule has 1 atom stereocenters. The molecule has 0 amide bonds. The summed E-state index contributed by atoms with van der Waals surface area (Å²) >= 11 is 3.43. The molecule has 2 heteroatoms. The van der Waals surface area contributed by atoms with Crippen LogP contribution in [0.4, 0.5) is 0 Å². The number of hydrogen-bond donors (Lipinski definition) is 1. The zero-order valence-electron chi connectivity index (χ0n) is 9.26. The van der Waals surface area contributed by atoms with Gasteiger partial charge in [0.15, 0.2) is 0 Å². The zero-order chi connectivity index (χ0) is 11.4. The van der Waals surface area contributed by atoms with Gasteiger partial charge in [0.1, 0.15) is 0 Å². The minimum Gasteiger partial charge on any atom is -0.388 e. The first-order valence-electron chi connectivity index (χ1n) is 5.08. The highest BCUT2D eigenvalue weighted by atomic mass is 79.9. The first-order chi connectivity index (χ1) is 6.99. The molecule has 1 aromatic rings. The van der Waals surface area contributed by atoms with Crippen molar-refractivity contribution < 1.29 is 5.11 Å². The van der Waals surface area contributed by atoms with Crippen molar-refractivity contribution in [2.24, 2.45) is 0 Å². The molecule has 0 aromatic heterocycles. The number of aliphatic hydroxyl groups excluding tert-OH is 1. The molecule has 1 nitrogen and oxygen atoms in total. The van der Waals surface area contributed by atoms with E-state index in [4.69, 9.17) is 0 Å². The van der Waals surface area contributed by atoms with Crippen LogP contribution in [0, 0.1) is 6.92 Å². The Labute approximate surface area is 100.0 Å². The molecule has 1 rings (SSSR count). The lowest BCUT2D eigenvalue weighted by Crippen LogP contribution is -1.98. The van der Waals surface area contributed by atoms with Crippen LogP contribution in [-0.2, 0) is 0 Å². The summed E-state index contributed by atoms with van der Waals surface area (Å²) in [5.74, 6) is 0. The lowest BCUT2D eigenvalue weighted by molar-refractivity contribution is 0.167. The predicted molar refractivity (Wildman–Crippen MR) is 67.9 cm³/mol. The second-order valence-corrected chi connectivity index (χ2v) is 4.99. The van der Waals surface area contributed by atoms with Gasteiger partial charge < -0.3 is 5.11 Å². The number of allylic oxidation sites excluding steroid dienone is 1. The molecular weight excluding hydrogens is 252 g/mol. The van der Waals surface area contributed by atoms with Crippen LogP contribution >= 0.6 is 15.9 Å². The van der Waals surface area contributed by atoms with Crippen LogP contribution in [0.5, 0.6) is 0 Å². The Bertz CT molecular complexity index is 337. The number of hydrogen-bond acceptors (Lipinski definition) is 1. The van der Waals surface area contributed by atoms with Crippen molar-refractivity contribution in [1.82, 2.24) is 0 Å². The van der Waals surface area contributed by atoms with Crippen LogP contribution < -0.4 is 0 Å². The van der Waals surface area contributed by atoms with Crippen LogP contribution in [-0.4, -0.2) is 5.11 Å². The van der Waals surface area contributed by atoms with E-state index in [1.54, 1.807) is 0 Å². The predicted octanol–water partition coefficient (Wildman–Crippen LogP) is 4.15. The van der Waals surface area contributed by atoms with Crippen molar-refractivity contribution in [1.29, 1.82) is 0 Å². The molecule has 0 spiro atoms. The first kappa shape index (κ1) is 12.5. The molecule has 15 heavy (non-hydrogen) atoms. The highest BCUT2D eigenvalue weighted by Gasteiger charge is 2.08. The lowest BCUT2D eigenvalue weighted by Gasteiger charge is -2.12. The maximum atomic E-state index is 9.96. The van der Waals surface area contributed by atoms with Gasteiger partial charge in [0, 0.05) is 4.47 Å². The number of rotatable bonds is 4. The molecule has 0 aliphatic rings. The van der Waals surface area contributed by atoms with Crippen molar-refractivity contribution in [3.8, 4) is 0 Å². The zero-order valence-corrected chi connectivity index (χ0v) is 10.8. The Morgan fingerprint density at radius 1 is 1.47 bits per heavy atom. The van der Waals surface area contributed by atoms with E-state index < -0.39 is 6.10 Å². The summed E-state index contributed by atoms with van der Waals surface area (Å²) < 4.78 is 1.02. The van der Waals surface area contributed by atoms with Gasteiger partial charge in [-0.1, -0.05) is 27.6 Å². The normalized spacial score (nSPS) is 12.5. The lowest BCUT2D eigenvalue weighted by atomic mass is 10.0. The molecular formula is C13H17BrO.